The summed E-state index contributed by atoms with van der Waals surface area (Å²) in [5, 5.41) is 7.97. The van der Waals surface area contributed by atoms with E-state index in [4.69, 9.17) is 0 Å². The minimum Gasteiger partial charge on any atom is -0.337 e. The fraction of sp³-hybridized carbons (Fsp3) is 0.312. The molecule has 100 valence electrons. The molecule has 0 aromatic heterocycles. The van der Waals surface area contributed by atoms with E-state index in [2.05, 4.69) is 31.4 Å². The van der Waals surface area contributed by atoms with Crippen LogP contribution in [0, 0.1) is 5.41 Å². The van der Waals surface area contributed by atoms with Crippen LogP contribution < -0.4 is 10.6 Å². The number of hydrogen-bond acceptors (Lipinski definition) is 1. The fourth-order valence-corrected chi connectivity index (χ4v) is 1.85. The predicted molar refractivity (Wildman–Crippen MR) is 80.4 cm³/mol. The van der Waals surface area contributed by atoms with Gasteiger partial charge in [-0.3, -0.25) is 0 Å². The monoisotopic (exact) mass is 256 g/mol. The lowest BCUT2D eigenvalue weighted by Crippen LogP contribution is -2.35. The SMILES string of the molecule is CC(C)(C)CNC(=O)Nc1cccc2ccccc12. The van der Waals surface area contributed by atoms with E-state index >= 15 is 0 Å². The van der Waals surface area contributed by atoms with E-state index in [0.29, 0.717) is 6.54 Å². The Morgan fingerprint density at radius 2 is 1.74 bits per heavy atom. The molecule has 3 heteroatoms. The van der Waals surface area contributed by atoms with Crippen molar-refractivity contribution in [3.63, 3.8) is 0 Å². The molecule has 0 heterocycles. The normalized spacial score (nSPS) is 11.3. The molecule has 2 amide bonds. The molecular weight excluding hydrogens is 236 g/mol. The van der Waals surface area contributed by atoms with Gasteiger partial charge in [-0.2, -0.15) is 0 Å². The van der Waals surface area contributed by atoms with E-state index < -0.39 is 0 Å². The quantitative estimate of drug-likeness (QED) is 0.837. The van der Waals surface area contributed by atoms with Crippen LogP contribution in [0.2, 0.25) is 0 Å². The van der Waals surface area contributed by atoms with Crippen molar-refractivity contribution in [1.29, 1.82) is 0 Å². The molecule has 0 saturated heterocycles. The van der Waals surface area contributed by atoms with Gasteiger partial charge in [0.25, 0.3) is 0 Å². The first-order valence-electron chi connectivity index (χ1n) is 6.48. The molecular formula is C16H20N2O. The van der Waals surface area contributed by atoms with E-state index in [1.54, 1.807) is 0 Å². The molecule has 2 rings (SSSR count). The summed E-state index contributed by atoms with van der Waals surface area (Å²) in [5.74, 6) is 0. The van der Waals surface area contributed by atoms with Crippen LogP contribution in [0.4, 0.5) is 10.5 Å². The summed E-state index contributed by atoms with van der Waals surface area (Å²) in [6, 6.07) is 13.7. The first kappa shape index (κ1) is 13.4. The maximum absolute atomic E-state index is 11.9. The number of rotatable bonds is 2. The largest absolute Gasteiger partial charge is 0.337 e. The lowest BCUT2D eigenvalue weighted by atomic mass is 9.97. The summed E-state index contributed by atoms with van der Waals surface area (Å²) in [6.07, 6.45) is 0. The second-order valence-corrected chi connectivity index (χ2v) is 5.90. The van der Waals surface area contributed by atoms with Crippen molar-refractivity contribution in [2.45, 2.75) is 20.8 Å². The number of anilines is 1. The number of carbonyl (C=O) groups is 1. The molecule has 0 aliphatic heterocycles. The van der Waals surface area contributed by atoms with Gasteiger partial charge in [-0.1, -0.05) is 57.2 Å². The zero-order chi connectivity index (χ0) is 13.9. The van der Waals surface area contributed by atoms with Crippen LogP contribution in [-0.4, -0.2) is 12.6 Å². The van der Waals surface area contributed by atoms with Crippen LogP contribution in [-0.2, 0) is 0 Å². The van der Waals surface area contributed by atoms with Crippen LogP contribution in [0.5, 0.6) is 0 Å². The zero-order valence-electron chi connectivity index (χ0n) is 11.7. The summed E-state index contributed by atoms with van der Waals surface area (Å²) < 4.78 is 0. The third-order valence-corrected chi connectivity index (χ3v) is 2.82. The topological polar surface area (TPSA) is 41.1 Å². The minimum atomic E-state index is -0.161. The average Bonchev–Trinajstić information content (AvgIpc) is 2.36. The molecule has 0 unspecified atom stereocenters. The summed E-state index contributed by atoms with van der Waals surface area (Å²) in [4.78, 5) is 11.9. The first-order valence-corrected chi connectivity index (χ1v) is 6.48. The van der Waals surface area contributed by atoms with E-state index in [0.717, 1.165) is 16.5 Å². The van der Waals surface area contributed by atoms with Crippen molar-refractivity contribution in [3.05, 3.63) is 42.5 Å². The second-order valence-electron chi connectivity index (χ2n) is 5.90. The van der Waals surface area contributed by atoms with Crippen molar-refractivity contribution in [2.24, 2.45) is 5.41 Å². The maximum atomic E-state index is 11.9. The summed E-state index contributed by atoms with van der Waals surface area (Å²) in [5.41, 5.74) is 0.917. The highest BCUT2D eigenvalue weighted by Gasteiger charge is 2.12. The van der Waals surface area contributed by atoms with Crippen LogP contribution in [0.15, 0.2) is 42.5 Å². The number of benzene rings is 2. The van der Waals surface area contributed by atoms with Gasteiger partial charge in [-0.05, 0) is 16.9 Å². The van der Waals surface area contributed by atoms with E-state index in [9.17, 15) is 4.79 Å². The molecule has 19 heavy (non-hydrogen) atoms. The summed E-state index contributed by atoms with van der Waals surface area (Å²) in [6.45, 7) is 6.91. The lowest BCUT2D eigenvalue weighted by molar-refractivity contribution is 0.247. The highest BCUT2D eigenvalue weighted by atomic mass is 16.2. The Hall–Kier alpha value is -2.03. The van der Waals surface area contributed by atoms with Crippen molar-refractivity contribution >= 4 is 22.5 Å². The molecule has 2 aromatic rings. The van der Waals surface area contributed by atoms with Gasteiger partial charge < -0.3 is 10.6 Å². The molecule has 0 aliphatic rings. The minimum absolute atomic E-state index is 0.0795. The van der Waals surface area contributed by atoms with Crippen molar-refractivity contribution in [2.75, 3.05) is 11.9 Å². The van der Waals surface area contributed by atoms with Gasteiger partial charge in [0.1, 0.15) is 0 Å². The van der Waals surface area contributed by atoms with Gasteiger partial charge >= 0.3 is 6.03 Å². The Bertz CT molecular complexity index is 579. The standard InChI is InChI=1S/C16H20N2O/c1-16(2,3)11-17-15(19)18-14-10-6-8-12-7-4-5-9-13(12)14/h4-10H,11H2,1-3H3,(H2,17,18,19). The molecule has 0 spiro atoms. The number of carbonyl (C=O) groups excluding carboxylic acids is 1. The Kier molecular flexibility index (Phi) is 3.74. The van der Waals surface area contributed by atoms with E-state index in [1.165, 1.54) is 0 Å². The molecule has 0 fully saturated rings. The maximum Gasteiger partial charge on any atom is 0.319 e. The summed E-state index contributed by atoms with van der Waals surface area (Å²) >= 11 is 0. The zero-order valence-corrected chi connectivity index (χ0v) is 11.7. The molecule has 2 N–H and O–H groups in total. The summed E-state index contributed by atoms with van der Waals surface area (Å²) in [7, 11) is 0. The average molecular weight is 256 g/mol. The van der Waals surface area contributed by atoms with Gasteiger partial charge in [-0.25, -0.2) is 4.79 Å². The van der Waals surface area contributed by atoms with Crippen LogP contribution in [0.1, 0.15) is 20.8 Å². The molecule has 0 saturated carbocycles. The molecule has 3 nitrogen and oxygen atoms in total. The Morgan fingerprint density at radius 3 is 2.47 bits per heavy atom. The van der Waals surface area contributed by atoms with Crippen molar-refractivity contribution in [3.8, 4) is 0 Å². The highest BCUT2D eigenvalue weighted by Crippen LogP contribution is 2.22. The van der Waals surface area contributed by atoms with Gasteiger partial charge in [0.05, 0.1) is 5.69 Å². The number of hydrogen-bond donors (Lipinski definition) is 2. The highest BCUT2D eigenvalue weighted by molar-refractivity contribution is 6.01. The molecule has 0 bridgehead atoms. The number of amides is 2. The number of nitrogens with one attached hydrogen (secondary N) is 2. The fourth-order valence-electron chi connectivity index (χ4n) is 1.85. The van der Waals surface area contributed by atoms with Crippen molar-refractivity contribution < 1.29 is 4.79 Å². The molecule has 0 aliphatic carbocycles. The molecule has 2 aromatic carbocycles. The van der Waals surface area contributed by atoms with Gasteiger partial charge in [0.15, 0.2) is 0 Å². The number of fused-ring (bicyclic) bond motifs is 1. The van der Waals surface area contributed by atoms with E-state index in [-0.39, 0.29) is 11.4 Å². The van der Waals surface area contributed by atoms with Crippen LogP contribution >= 0.6 is 0 Å². The third kappa shape index (κ3) is 3.71. The Labute approximate surface area is 114 Å². The Morgan fingerprint density at radius 1 is 1.05 bits per heavy atom. The second kappa shape index (κ2) is 5.31. The van der Waals surface area contributed by atoms with Gasteiger partial charge in [0.2, 0.25) is 0 Å². The van der Waals surface area contributed by atoms with Gasteiger partial charge in [-0.15, -0.1) is 0 Å². The third-order valence-electron chi connectivity index (χ3n) is 2.82. The molecule has 0 atom stereocenters. The molecule has 0 radical (unpaired) electrons. The smallest absolute Gasteiger partial charge is 0.319 e. The lowest BCUT2D eigenvalue weighted by Gasteiger charge is -2.19. The predicted octanol–water partition coefficient (Wildman–Crippen LogP) is 4.01. The Balaban J connectivity index is 2.11. The van der Waals surface area contributed by atoms with Crippen LogP contribution in [0.3, 0.4) is 0 Å². The first-order chi connectivity index (χ1) is 8.96. The number of urea groups is 1. The van der Waals surface area contributed by atoms with Crippen LogP contribution in [0.25, 0.3) is 10.8 Å². The van der Waals surface area contributed by atoms with E-state index in [1.807, 2.05) is 42.5 Å². The van der Waals surface area contributed by atoms with Gasteiger partial charge in [0, 0.05) is 11.9 Å². The van der Waals surface area contributed by atoms with Crippen molar-refractivity contribution in [1.82, 2.24) is 5.32 Å².